The monoisotopic (exact) mass is 201 g/mol. The van der Waals surface area contributed by atoms with E-state index in [4.69, 9.17) is 0 Å². The van der Waals surface area contributed by atoms with Crippen molar-refractivity contribution < 1.29 is 4.79 Å². The fraction of sp³-hybridized carbons (Fsp3) is 0.900. The van der Waals surface area contributed by atoms with Crippen LogP contribution >= 0.6 is 0 Å². The predicted octanol–water partition coefficient (Wildman–Crippen LogP) is 1.03. The second-order valence-electron chi connectivity index (χ2n) is 4.90. The summed E-state index contributed by atoms with van der Waals surface area (Å²) < 4.78 is 0. The van der Waals surface area contributed by atoms with Gasteiger partial charge in [-0.3, -0.25) is 0 Å². The first kappa shape index (κ1) is 13.2. The summed E-state index contributed by atoms with van der Waals surface area (Å²) in [6.45, 7) is 8.61. The van der Waals surface area contributed by atoms with Crippen molar-refractivity contribution in [3.63, 3.8) is 0 Å². The largest absolute Gasteiger partial charge is 0.337 e. The number of carbonyl (C=O) groups is 1. The number of amides is 2. The zero-order chi connectivity index (χ0) is 11.4. The van der Waals surface area contributed by atoms with Crippen molar-refractivity contribution in [3.05, 3.63) is 0 Å². The van der Waals surface area contributed by atoms with Crippen LogP contribution in [0.1, 0.15) is 27.7 Å². The Hall–Kier alpha value is -0.770. The highest BCUT2D eigenvalue weighted by atomic mass is 16.2. The number of rotatable bonds is 3. The van der Waals surface area contributed by atoms with Crippen LogP contribution in [0.2, 0.25) is 0 Å². The number of hydrogen-bond donors (Lipinski definition) is 2. The first-order valence-corrected chi connectivity index (χ1v) is 4.95. The first-order chi connectivity index (χ1) is 6.22. The van der Waals surface area contributed by atoms with Crippen molar-refractivity contribution in [1.29, 1.82) is 0 Å². The van der Waals surface area contributed by atoms with Gasteiger partial charge in [-0.2, -0.15) is 0 Å². The summed E-state index contributed by atoms with van der Waals surface area (Å²) in [4.78, 5) is 13.4. The Labute approximate surface area is 87.0 Å². The van der Waals surface area contributed by atoms with Crippen molar-refractivity contribution in [2.75, 3.05) is 20.6 Å². The van der Waals surface area contributed by atoms with E-state index < -0.39 is 0 Å². The van der Waals surface area contributed by atoms with Crippen molar-refractivity contribution in [2.24, 2.45) is 0 Å². The molecule has 0 aliphatic rings. The highest BCUT2D eigenvalue weighted by Gasteiger charge is 2.14. The van der Waals surface area contributed by atoms with Crippen LogP contribution in [-0.4, -0.2) is 43.2 Å². The lowest BCUT2D eigenvalue weighted by Crippen LogP contribution is -2.49. The van der Waals surface area contributed by atoms with Crippen molar-refractivity contribution in [1.82, 2.24) is 15.5 Å². The van der Waals surface area contributed by atoms with E-state index >= 15 is 0 Å². The molecule has 0 radical (unpaired) electrons. The Bertz CT molecular complexity index is 184. The third-order valence-electron chi connectivity index (χ3n) is 1.93. The van der Waals surface area contributed by atoms with E-state index in [1.165, 1.54) is 0 Å². The van der Waals surface area contributed by atoms with Gasteiger partial charge in [0.15, 0.2) is 0 Å². The van der Waals surface area contributed by atoms with Crippen LogP contribution in [0.4, 0.5) is 4.79 Å². The summed E-state index contributed by atoms with van der Waals surface area (Å²) in [7, 11) is 3.99. The zero-order valence-corrected chi connectivity index (χ0v) is 10.1. The summed E-state index contributed by atoms with van der Waals surface area (Å²) in [5.41, 5.74) is -0.175. The Morgan fingerprint density at radius 3 is 2.21 bits per heavy atom. The Morgan fingerprint density at radius 2 is 1.86 bits per heavy atom. The molecule has 0 heterocycles. The van der Waals surface area contributed by atoms with Crippen LogP contribution in [0.15, 0.2) is 0 Å². The predicted molar refractivity (Wildman–Crippen MR) is 59.4 cm³/mol. The second kappa shape index (κ2) is 5.20. The molecule has 2 amide bonds. The van der Waals surface area contributed by atoms with E-state index in [9.17, 15) is 4.79 Å². The van der Waals surface area contributed by atoms with Gasteiger partial charge in [0.05, 0.1) is 0 Å². The molecule has 0 rings (SSSR count). The molecule has 84 valence electrons. The normalized spacial score (nSPS) is 13.9. The molecule has 0 aromatic heterocycles. The topological polar surface area (TPSA) is 44.4 Å². The average Bonchev–Trinajstić information content (AvgIpc) is 1.96. The van der Waals surface area contributed by atoms with Gasteiger partial charge >= 0.3 is 6.03 Å². The van der Waals surface area contributed by atoms with E-state index in [0.29, 0.717) is 12.6 Å². The van der Waals surface area contributed by atoms with E-state index in [-0.39, 0.29) is 11.6 Å². The zero-order valence-electron chi connectivity index (χ0n) is 10.1. The van der Waals surface area contributed by atoms with Crippen molar-refractivity contribution >= 4 is 6.03 Å². The molecule has 2 N–H and O–H groups in total. The maximum atomic E-state index is 11.3. The standard InChI is InChI=1S/C10H23N3O/c1-8(13(5)6)7-11-9(14)12-10(2,3)4/h8H,7H2,1-6H3,(H2,11,12,14). The number of nitrogens with one attached hydrogen (secondary N) is 2. The Morgan fingerprint density at radius 1 is 1.36 bits per heavy atom. The smallest absolute Gasteiger partial charge is 0.315 e. The molecule has 0 spiro atoms. The van der Waals surface area contributed by atoms with Crippen molar-refractivity contribution in [2.45, 2.75) is 39.3 Å². The molecule has 0 bridgehead atoms. The van der Waals surface area contributed by atoms with Gasteiger partial charge in [0, 0.05) is 18.1 Å². The number of carbonyl (C=O) groups excluding carboxylic acids is 1. The first-order valence-electron chi connectivity index (χ1n) is 4.95. The number of nitrogens with zero attached hydrogens (tertiary/aromatic N) is 1. The minimum Gasteiger partial charge on any atom is -0.337 e. The van der Waals surface area contributed by atoms with E-state index in [1.54, 1.807) is 0 Å². The number of likely N-dealkylation sites (N-methyl/N-ethyl adjacent to an activating group) is 1. The summed E-state index contributed by atoms with van der Waals surface area (Å²) in [5, 5.41) is 5.67. The van der Waals surface area contributed by atoms with Gasteiger partial charge in [0.25, 0.3) is 0 Å². The summed E-state index contributed by atoms with van der Waals surface area (Å²) in [6, 6.07) is 0.243. The molecule has 0 aromatic carbocycles. The molecule has 14 heavy (non-hydrogen) atoms. The summed E-state index contributed by atoms with van der Waals surface area (Å²) >= 11 is 0. The fourth-order valence-electron chi connectivity index (χ4n) is 0.808. The van der Waals surface area contributed by atoms with Gasteiger partial charge < -0.3 is 15.5 Å². The highest BCUT2D eigenvalue weighted by Crippen LogP contribution is 1.97. The van der Waals surface area contributed by atoms with Gasteiger partial charge in [-0.1, -0.05) is 0 Å². The Balaban J connectivity index is 3.75. The minimum atomic E-state index is -0.175. The molecule has 4 nitrogen and oxygen atoms in total. The van der Waals surface area contributed by atoms with E-state index in [1.807, 2.05) is 34.9 Å². The summed E-state index contributed by atoms with van der Waals surface area (Å²) in [6.07, 6.45) is 0. The molecule has 0 aromatic rings. The van der Waals surface area contributed by atoms with E-state index in [2.05, 4.69) is 22.5 Å². The molecule has 0 saturated heterocycles. The molecule has 0 aliphatic heterocycles. The van der Waals surface area contributed by atoms with Crippen LogP contribution in [0, 0.1) is 0 Å². The highest BCUT2D eigenvalue weighted by molar-refractivity contribution is 5.74. The fourth-order valence-corrected chi connectivity index (χ4v) is 0.808. The van der Waals surface area contributed by atoms with Crippen LogP contribution in [0.25, 0.3) is 0 Å². The van der Waals surface area contributed by atoms with Gasteiger partial charge in [-0.15, -0.1) is 0 Å². The third kappa shape index (κ3) is 6.71. The molecule has 0 aliphatic carbocycles. The molecule has 4 heteroatoms. The van der Waals surface area contributed by atoms with Crippen LogP contribution in [0.3, 0.4) is 0 Å². The van der Waals surface area contributed by atoms with Gasteiger partial charge in [0.1, 0.15) is 0 Å². The van der Waals surface area contributed by atoms with Gasteiger partial charge in [-0.25, -0.2) is 4.79 Å². The molecular formula is C10H23N3O. The number of urea groups is 1. The second-order valence-corrected chi connectivity index (χ2v) is 4.90. The summed E-state index contributed by atoms with van der Waals surface area (Å²) in [5.74, 6) is 0. The molecular weight excluding hydrogens is 178 g/mol. The van der Waals surface area contributed by atoms with Crippen LogP contribution in [0.5, 0.6) is 0 Å². The lowest BCUT2D eigenvalue weighted by Gasteiger charge is -2.23. The van der Waals surface area contributed by atoms with Crippen LogP contribution < -0.4 is 10.6 Å². The lowest BCUT2D eigenvalue weighted by molar-refractivity contribution is 0.226. The third-order valence-corrected chi connectivity index (χ3v) is 1.93. The maximum absolute atomic E-state index is 11.3. The average molecular weight is 201 g/mol. The van der Waals surface area contributed by atoms with Crippen LogP contribution in [-0.2, 0) is 0 Å². The molecule has 1 atom stereocenters. The van der Waals surface area contributed by atoms with Gasteiger partial charge in [0.2, 0.25) is 0 Å². The van der Waals surface area contributed by atoms with Crippen molar-refractivity contribution in [3.8, 4) is 0 Å². The minimum absolute atomic E-state index is 0.105. The van der Waals surface area contributed by atoms with Gasteiger partial charge in [-0.05, 0) is 41.8 Å². The quantitative estimate of drug-likeness (QED) is 0.716. The SMILES string of the molecule is CC(CNC(=O)NC(C)(C)C)N(C)C. The lowest BCUT2D eigenvalue weighted by atomic mass is 10.1. The Kier molecular flexibility index (Phi) is 4.91. The molecule has 0 fully saturated rings. The maximum Gasteiger partial charge on any atom is 0.315 e. The van der Waals surface area contributed by atoms with E-state index in [0.717, 1.165) is 0 Å². The number of hydrogen-bond acceptors (Lipinski definition) is 2. The molecule has 1 unspecified atom stereocenters. The molecule has 0 saturated carbocycles.